The van der Waals surface area contributed by atoms with Crippen LogP contribution in [0.25, 0.3) is 10.9 Å². The summed E-state index contributed by atoms with van der Waals surface area (Å²) in [6.45, 7) is 7.24. The number of carbonyl (C=O) groups excluding carboxylic acids is 1. The highest BCUT2D eigenvalue weighted by Gasteiger charge is 2.19. The molecule has 1 amide bonds. The lowest BCUT2D eigenvalue weighted by Crippen LogP contribution is -2.31. The van der Waals surface area contributed by atoms with Crippen molar-refractivity contribution < 1.29 is 4.79 Å². The molecule has 1 fully saturated rings. The van der Waals surface area contributed by atoms with Crippen LogP contribution in [-0.4, -0.2) is 44.8 Å². The summed E-state index contributed by atoms with van der Waals surface area (Å²) in [4.78, 5) is 36.6. The van der Waals surface area contributed by atoms with Crippen LogP contribution < -0.4 is 5.56 Å². The normalized spacial score (nSPS) is 14.2. The van der Waals surface area contributed by atoms with E-state index in [1.807, 2.05) is 47.4 Å². The Morgan fingerprint density at radius 3 is 2.47 bits per heavy atom. The minimum atomic E-state index is -0.107. The fraction of sp³-hybridized carbons (Fsp3) is 0.375. The molecule has 2 heterocycles. The Morgan fingerprint density at radius 2 is 1.77 bits per heavy atom. The summed E-state index contributed by atoms with van der Waals surface area (Å²) < 4.78 is 0. The number of benzene rings is 2. The molecule has 1 aliphatic heterocycles. The predicted molar refractivity (Wildman–Crippen MR) is 118 cm³/mol. The molecule has 2 aromatic carbocycles. The summed E-state index contributed by atoms with van der Waals surface area (Å²) >= 11 is 0. The molecular formula is C24H28N4O2. The van der Waals surface area contributed by atoms with E-state index in [2.05, 4.69) is 28.7 Å². The van der Waals surface area contributed by atoms with E-state index in [4.69, 9.17) is 0 Å². The van der Waals surface area contributed by atoms with Crippen molar-refractivity contribution >= 4 is 16.8 Å². The summed E-state index contributed by atoms with van der Waals surface area (Å²) in [5.74, 6) is 0.783. The van der Waals surface area contributed by atoms with Gasteiger partial charge in [0, 0.05) is 31.2 Å². The molecule has 0 aliphatic carbocycles. The zero-order valence-electron chi connectivity index (χ0n) is 17.6. The number of likely N-dealkylation sites (tertiary alicyclic amines) is 1. The Balaban J connectivity index is 1.48. The number of H-pyrrole nitrogens is 1. The van der Waals surface area contributed by atoms with Crippen molar-refractivity contribution in [2.75, 3.05) is 13.1 Å². The fourth-order valence-corrected chi connectivity index (χ4v) is 3.91. The van der Waals surface area contributed by atoms with Crippen LogP contribution in [0.15, 0.2) is 53.3 Å². The Kier molecular flexibility index (Phi) is 5.95. The molecule has 0 saturated carbocycles. The third-order valence-electron chi connectivity index (χ3n) is 5.72. The van der Waals surface area contributed by atoms with Crippen molar-refractivity contribution in [3.05, 3.63) is 75.8 Å². The van der Waals surface area contributed by atoms with Gasteiger partial charge in [-0.1, -0.05) is 24.3 Å². The minimum absolute atomic E-state index is 0.107. The molecule has 3 aromatic rings. The zero-order valence-corrected chi connectivity index (χ0v) is 17.6. The number of nitrogens with zero attached hydrogens (tertiary/aromatic N) is 3. The van der Waals surface area contributed by atoms with Crippen LogP contribution in [0.4, 0.5) is 0 Å². The molecule has 0 atom stereocenters. The molecule has 6 heteroatoms. The second kappa shape index (κ2) is 8.79. The second-order valence-electron chi connectivity index (χ2n) is 8.22. The largest absolute Gasteiger partial charge is 0.339 e. The highest BCUT2D eigenvalue weighted by atomic mass is 16.2. The summed E-state index contributed by atoms with van der Waals surface area (Å²) in [6, 6.07) is 15.5. The summed E-state index contributed by atoms with van der Waals surface area (Å²) in [5, 5.41) is 0.607. The maximum atomic E-state index is 12.5. The number of hydrogen-bond donors (Lipinski definition) is 1. The number of rotatable bonds is 6. The molecule has 0 unspecified atom stereocenters. The average Bonchev–Trinajstić information content (AvgIpc) is 3.28. The predicted octanol–water partition coefficient (Wildman–Crippen LogP) is 3.57. The maximum Gasteiger partial charge on any atom is 0.258 e. The smallest absolute Gasteiger partial charge is 0.258 e. The summed E-state index contributed by atoms with van der Waals surface area (Å²) in [5.41, 5.74) is 2.48. The van der Waals surface area contributed by atoms with Crippen LogP contribution in [0.5, 0.6) is 0 Å². The molecular weight excluding hydrogens is 376 g/mol. The highest BCUT2D eigenvalue weighted by Crippen LogP contribution is 2.16. The van der Waals surface area contributed by atoms with Gasteiger partial charge in [-0.2, -0.15) is 0 Å². The molecule has 1 N–H and O–H groups in total. The van der Waals surface area contributed by atoms with Crippen molar-refractivity contribution in [1.82, 2.24) is 19.8 Å². The number of amides is 1. The summed E-state index contributed by atoms with van der Waals surface area (Å²) in [7, 11) is 0. The molecule has 0 spiro atoms. The standard InChI is InChI=1S/C24H28N4O2/c1-17(2)28(16-22-25-21-8-4-3-7-20(21)23(29)26-22)15-18-9-11-19(12-10-18)24(30)27-13-5-6-14-27/h3-4,7-12,17H,5-6,13-16H2,1-2H3,(H,25,26,29). The lowest BCUT2D eigenvalue weighted by Gasteiger charge is -2.26. The van der Waals surface area contributed by atoms with Gasteiger partial charge in [0.15, 0.2) is 0 Å². The van der Waals surface area contributed by atoms with Crippen LogP contribution >= 0.6 is 0 Å². The van der Waals surface area contributed by atoms with Gasteiger partial charge in [0.25, 0.3) is 11.5 Å². The van der Waals surface area contributed by atoms with Gasteiger partial charge in [0.05, 0.1) is 17.4 Å². The van der Waals surface area contributed by atoms with Crippen LogP contribution in [0.1, 0.15) is 48.4 Å². The third kappa shape index (κ3) is 4.44. The Labute approximate surface area is 176 Å². The maximum absolute atomic E-state index is 12.5. The average molecular weight is 405 g/mol. The van der Waals surface area contributed by atoms with E-state index in [0.29, 0.717) is 29.8 Å². The van der Waals surface area contributed by atoms with Crippen molar-refractivity contribution in [1.29, 1.82) is 0 Å². The van der Waals surface area contributed by atoms with Crippen molar-refractivity contribution in [2.24, 2.45) is 0 Å². The van der Waals surface area contributed by atoms with Gasteiger partial charge < -0.3 is 9.88 Å². The lowest BCUT2D eigenvalue weighted by molar-refractivity contribution is 0.0793. The molecule has 4 rings (SSSR count). The van der Waals surface area contributed by atoms with Crippen molar-refractivity contribution in [3.8, 4) is 0 Å². The molecule has 1 aliphatic rings. The number of aromatic amines is 1. The van der Waals surface area contributed by atoms with Crippen LogP contribution in [-0.2, 0) is 13.1 Å². The first-order chi connectivity index (χ1) is 14.5. The highest BCUT2D eigenvalue weighted by molar-refractivity contribution is 5.94. The molecule has 0 radical (unpaired) electrons. The number of aromatic nitrogens is 2. The topological polar surface area (TPSA) is 69.3 Å². The molecule has 30 heavy (non-hydrogen) atoms. The van der Waals surface area contributed by atoms with E-state index in [1.54, 1.807) is 6.07 Å². The number of fused-ring (bicyclic) bond motifs is 1. The number of para-hydroxylation sites is 1. The van der Waals surface area contributed by atoms with Crippen molar-refractivity contribution in [3.63, 3.8) is 0 Å². The van der Waals surface area contributed by atoms with Crippen molar-refractivity contribution in [2.45, 2.75) is 45.8 Å². The number of nitrogens with one attached hydrogen (secondary N) is 1. The van der Waals surface area contributed by atoms with Gasteiger partial charge in [0.1, 0.15) is 5.82 Å². The zero-order chi connectivity index (χ0) is 21.1. The first-order valence-corrected chi connectivity index (χ1v) is 10.6. The van der Waals surface area contributed by atoms with E-state index in [1.165, 1.54) is 0 Å². The van der Waals surface area contributed by atoms with E-state index in [-0.39, 0.29) is 17.5 Å². The molecule has 1 saturated heterocycles. The molecule has 156 valence electrons. The minimum Gasteiger partial charge on any atom is -0.339 e. The van der Waals surface area contributed by atoms with Gasteiger partial charge in [-0.05, 0) is 56.5 Å². The lowest BCUT2D eigenvalue weighted by atomic mass is 10.1. The van der Waals surface area contributed by atoms with Gasteiger partial charge in [-0.15, -0.1) is 0 Å². The Morgan fingerprint density at radius 1 is 1.07 bits per heavy atom. The van der Waals surface area contributed by atoms with Crippen LogP contribution in [0.3, 0.4) is 0 Å². The van der Waals surface area contributed by atoms with E-state index in [9.17, 15) is 9.59 Å². The SMILES string of the molecule is CC(C)N(Cc1ccc(C(=O)N2CCCC2)cc1)Cc1nc2ccccc2c(=O)[nH]1. The first-order valence-electron chi connectivity index (χ1n) is 10.6. The molecule has 1 aromatic heterocycles. The summed E-state index contributed by atoms with van der Waals surface area (Å²) in [6.07, 6.45) is 2.19. The second-order valence-corrected chi connectivity index (χ2v) is 8.22. The van der Waals surface area contributed by atoms with E-state index >= 15 is 0 Å². The van der Waals surface area contributed by atoms with Crippen LogP contribution in [0, 0.1) is 0 Å². The first kappa shape index (κ1) is 20.3. The fourth-order valence-electron chi connectivity index (χ4n) is 3.91. The Hall–Kier alpha value is -2.99. The number of hydrogen-bond acceptors (Lipinski definition) is 4. The number of carbonyl (C=O) groups is 1. The van der Waals surface area contributed by atoms with Gasteiger partial charge in [0.2, 0.25) is 0 Å². The quantitative estimate of drug-likeness (QED) is 0.682. The third-order valence-corrected chi connectivity index (χ3v) is 5.72. The van der Waals surface area contributed by atoms with Gasteiger partial charge >= 0.3 is 0 Å². The van der Waals surface area contributed by atoms with Gasteiger partial charge in [-0.25, -0.2) is 4.98 Å². The molecule has 0 bridgehead atoms. The Bertz CT molecular complexity index is 1080. The van der Waals surface area contributed by atoms with E-state index in [0.717, 1.165) is 37.1 Å². The van der Waals surface area contributed by atoms with E-state index < -0.39 is 0 Å². The molecule has 6 nitrogen and oxygen atoms in total. The van der Waals surface area contributed by atoms with Gasteiger partial charge in [-0.3, -0.25) is 14.5 Å². The van der Waals surface area contributed by atoms with Crippen LogP contribution in [0.2, 0.25) is 0 Å². The monoisotopic (exact) mass is 404 g/mol.